The molecule has 1 unspecified atom stereocenters. The Morgan fingerprint density at radius 2 is 2.00 bits per heavy atom. The highest BCUT2D eigenvalue weighted by Crippen LogP contribution is 2.40. The van der Waals surface area contributed by atoms with Crippen LogP contribution in [-0.4, -0.2) is 46.5 Å². The number of nitrogens with one attached hydrogen (secondary N) is 1. The summed E-state index contributed by atoms with van der Waals surface area (Å²) in [6.45, 7) is 7.39. The van der Waals surface area contributed by atoms with Gasteiger partial charge in [-0.25, -0.2) is 4.98 Å². The highest BCUT2D eigenvalue weighted by Gasteiger charge is 2.46. The molecule has 2 fully saturated rings. The summed E-state index contributed by atoms with van der Waals surface area (Å²) in [4.78, 5) is 33.8. The first-order valence-electron chi connectivity index (χ1n) is 11.6. The number of carbonyl (C=O) groups is 2. The van der Waals surface area contributed by atoms with Gasteiger partial charge in [-0.05, 0) is 37.5 Å². The second-order valence-electron chi connectivity index (χ2n) is 10.4. The van der Waals surface area contributed by atoms with Crippen LogP contribution in [0.3, 0.4) is 0 Å². The van der Waals surface area contributed by atoms with Gasteiger partial charge in [0.15, 0.2) is 5.66 Å². The molecule has 3 aliphatic rings. The zero-order chi connectivity index (χ0) is 22.9. The van der Waals surface area contributed by atoms with E-state index in [1.165, 1.54) is 24.2 Å². The van der Waals surface area contributed by atoms with Gasteiger partial charge in [0.1, 0.15) is 10.9 Å². The maximum atomic E-state index is 13.7. The van der Waals surface area contributed by atoms with Gasteiger partial charge in [0.25, 0.3) is 5.91 Å². The van der Waals surface area contributed by atoms with Crippen LogP contribution in [0, 0.1) is 24.2 Å². The topological polar surface area (TPSA) is 87.0 Å². The maximum Gasteiger partial charge on any atom is 0.266 e. The van der Waals surface area contributed by atoms with E-state index in [2.05, 4.69) is 47.2 Å². The van der Waals surface area contributed by atoms with Crippen molar-refractivity contribution in [2.75, 3.05) is 13.1 Å². The fourth-order valence-electron chi connectivity index (χ4n) is 3.89. The molecule has 0 radical (unpaired) electrons. The Balaban J connectivity index is 1.53. The SMILES string of the molecule is C#CCCC1(CCN(C(=O)c2cnc(C(C)(C)C)s2)C(C(=O)NCC2CC2)C2CC2)N=N1. The molecule has 1 aromatic heterocycles. The third-order valence-corrected chi connectivity index (χ3v) is 7.77. The van der Waals surface area contributed by atoms with Gasteiger partial charge < -0.3 is 10.2 Å². The molecule has 0 spiro atoms. The molecule has 32 heavy (non-hydrogen) atoms. The zero-order valence-electron chi connectivity index (χ0n) is 19.3. The fourth-order valence-corrected chi connectivity index (χ4v) is 4.82. The van der Waals surface area contributed by atoms with Gasteiger partial charge in [0, 0.05) is 37.8 Å². The van der Waals surface area contributed by atoms with Crippen molar-refractivity contribution in [2.24, 2.45) is 22.1 Å². The summed E-state index contributed by atoms with van der Waals surface area (Å²) < 4.78 is 0. The van der Waals surface area contributed by atoms with Crippen molar-refractivity contribution in [3.8, 4) is 12.3 Å². The normalized spacial score (nSPS) is 19.8. The summed E-state index contributed by atoms with van der Waals surface area (Å²) in [7, 11) is 0. The third-order valence-electron chi connectivity index (χ3n) is 6.36. The van der Waals surface area contributed by atoms with E-state index >= 15 is 0 Å². The summed E-state index contributed by atoms with van der Waals surface area (Å²) in [5, 5.41) is 12.5. The molecular formula is C24H33N5O2S. The average Bonchev–Trinajstić information content (AvgIpc) is 3.63. The molecule has 7 nitrogen and oxygen atoms in total. The Labute approximate surface area is 194 Å². The number of carbonyl (C=O) groups excluding carboxylic acids is 2. The number of amides is 2. The molecule has 0 saturated heterocycles. The first-order chi connectivity index (χ1) is 15.2. The number of aromatic nitrogens is 1. The van der Waals surface area contributed by atoms with E-state index in [9.17, 15) is 9.59 Å². The molecule has 1 aromatic rings. The van der Waals surface area contributed by atoms with E-state index in [1.807, 2.05) is 0 Å². The minimum Gasteiger partial charge on any atom is -0.354 e. The Hall–Kier alpha value is -2.27. The molecule has 2 aliphatic carbocycles. The highest BCUT2D eigenvalue weighted by atomic mass is 32.1. The number of nitrogens with zero attached hydrogens (tertiary/aromatic N) is 4. The quantitative estimate of drug-likeness (QED) is 0.509. The van der Waals surface area contributed by atoms with Crippen LogP contribution in [0.25, 0.3) is 0 Å². The molecule has 2 saturated carbocycles. The Morgan fingerprint density at radius 1 is 1.28 bits per heavy atom. The second kappa shape index (κ2) is 8.93. The predicted molar refractivity (Wildman–Crippen MR) is 124 cm³/mol. The summed E-state index contributed by atoms with van der Waals surface area (Å²) in [6.07, 6.45) is 13.2. The first kappa shape index (κ1) is 22.9. The lowest BCUT2D eigenvalue weighted by Crippen LogP contribution is -2.52. The zero-order valence-corrected chi connectivity index (χ0v) is 20.1. The number of hydrogen-bond acceptors (Lipinski definition) is 6. The van der Waals surface area contributed by atoms with Crippen LogP contribution in [0.4, 0.5) is 0 Å². The lowest BCUT2D eigenvalue weighted by molar-refractivity contribution is -0.126. The van der Waals surface area contributed by atoms with Crippen molar-refractivity contribution in [1.29, 1.82) is 0 Å². The number of rotatable bonds is 11. The van der Waals surface area contributed by atoms with Crippen molar-refractivity contribution in [3.63, 3.8) is 0 Å². The van der Waals surface area contributed by atoms with Crippen LogP contribution >= 0.6 is 11.3 Å². The van der Waals surface area contributed by atoms with Crippen LogP contribution in [0.1, 0.15) is 80.4 Å². The van der Waals surface area contributed by atoms with Gasteiger partial charge in [-0.1, -0.05) is 20.8 Å². The molecular weight excluding hydrogens is 422 g/mol. The number of terminal acetylenes is 1. The lowest BCUT2D eigenvalue weighted by Gasteiger charge is -2.31. The van der Waals surface area contributed by atoms with Crippen LogP contribution in [-0.2, 0) is 10.2 Å². The van der Waals surface area contributed by atoms with Gasteiger partial charge in [-0.15, -0.1) is 23.7 Å². The Morgan fingerprint density at radius 3 is 2.53 bits per heavy atom. The van der Waals surface area contributed by atoms with E-state index in [4.69, 9.17) is 6.42 Å². The molecule has 172 valence electrons. The van der Waals surface area contributed by atoms with E-state index in [-0.39, 0.29) is 23.1 Å². The van der Waals surface area contributed by atoms with Gasteiger partial charge in [0.2, 0.25) is 5.91 Å². The van der Waals surface area contributed by atoms with Crippen molar-refractivity contribution >= 4 is 23.2 Å². The van der Waals surface area contributed by atoms with Gasteiger partial charge in [-0.2, -0.15) is 10.2 Å². The van der Waals surface area contributed by atoms with Crippen LogP contribution in [0.15, 0.2) is 16.4 Å². The number of thiazole rings is 1. The van der Waals surface area contributed by atoms with Crippen molar-refractivity contribution in [1.82, 2.24) is 15.2 Å². The summed E-state index contributed by atoms with van der Waals surface area (Å²) >= 11 is 1.42. The van der Waals surface area contributed by atoms with Crippen LogP contribution in [0.2, 0.25) is 0 Å². The number of hydrogen-bond donors (Lipinski definition) is 1. The van der Waals surface area contributed by atoms with Crippen molar-refractivity contribution < 1.29 is 9.59 Å². The standard InChI is InChI=1S/C24H33N5O2S/c1-5-6-11-24(27-28-24)12-13-29(21(31)18-15-26-22(32-18)23(2,3)4)19(17-9-10-17)20(30)25-14-16-7-8-16/h1,15-17,19H,6-14H2,2-4H3,(H,25,30). The first-order valence-corrected chi connectivity index (χ1v) is 12.5. The van der Waals surface area contributed by atoms with E-state index < -0.39 is 11.7 Å². The molecule has 1 atom stereocenters. The summed E-state index contributed by atoms with van der Waals surface area (Å²) in [5.74, 6) is 3.30. The molecule has 4 rings (SSSR count). The molecule has 2 heterocycles. The lowest BCUT2D eigenvalue weighted by atomic mass is 9.98. The largest absolute Gasteiger partial charge is 0.354 e. The average molecular weight is 456 g/mol. The molecule has 0 bridgehead atoms. The van der Waals surface area contributed by atoms with Gasteiger partial charge in [0.05, 0.1) is 11.2 Å². The third kappa shape index (κ3) is 5.55. The van der Waals surface area contributed by atoms with Crippen molar-refractivity contribution in [3.05, 3.63) is 16.1 Å². The Kier molecular flexibility index (Phi) is 6.39. The van der Waals surface area contributed by atoms with Gasteiger partial charge >= 0.3 is 0 Å². The Bertz CT molecular complexity index is 927. The smallest absolute Gasteiger partial charge is 0.266 e. The van der Waals surface area contributed by atoms with E-state index in [0.29, 0.717) is 43.1 Å². The minimum atomic E-state index is -0.492. The highest BCUT2D eigenvalue weighted by molar-refractivity contribution is 7.13. The van der Waals surface area contributed by atoms with Crippen LogP contribution < -0.4 is 5.32 Å². The minimum absolute atomic E-state index is 0.0318. The molecule has 8 heteroatoms. The second-order valence-corrected chi connectivity index (χ2v) is 11.4. The molecule has 1 N–H and O–H groups in total. The molecule has 1 aliphatic heterocycles. The van der Waals surface area contributed by atoms with Crippen LogP contribution in [0.5, 0.6) is 0 Å². The van der Waals surface area contributed by atoms with Gasteiger partial charge in [-0.3, -0.25) is 9.59 Å². The summed E-state index contributed by atoms with van der Waals surface area (Å²) in [6, 6.07) is -0.454. The maximum absolute atomic E-state index is 13.7. The fraction of sp³-hybridized carbons (Fsp3) is 0.708. The predicted octanol–water partition coefficient (Wildman–Crippen LogP) is 4.15. The monoisotopic (exact) mass is 455 g/mol. The van der Waals surface area contributed by atoms with E-state index in [1.54, 1.807) is 11.1 Å². The molecule has 2 amide bonds. The van der Waals surface area contributed by atoms with E-state index in [0.717, 1.165) is 17.8 Å². The van der Waals surface area contributed by atoms with Crippen molar-refractivity contribution in [2.45, 2.75) is 82.8 Å². The summed E-state index contributed by atoms with van der Waals surface area (Å²) in [5.41, 5.74) is -0.621. The molecule has 0 aromatic carbocycles.